The summed E-state index contributed by atoms with van der Waals surface area (Å²) in [6, 6.07) is 0. The van der Waals surface area contributed by atoms with Gasteiger partial charge in [0.2, 0.25) is 0 Å². The van der Waals surface area contributed by atoms with Crippen LogP contribution in [0.25, 0.3) is 0 Å². The van der Waals surface area contributed by atoms with Crippen molar-refractivity contribution >= 4 is 5.82 Å². The Labute approximate surface area is 97.6 Å². The quantitative estimate of drug-likeness (QED) is 0.853. The molecule has 0 bridgehead atoms. The van der Waals surface area contributed by atoms with E-state index in [0.29, 0.717) is 11.3 Å². The van der Waals surface area contributed by atoms with Crippen molar-refractivity contribution in [3.05, 3.63) is 11.3 Å². The highest BCUT2D eigenvalue weighted by molar-refractivity contribution is 5.46. The summed E-state index contributed by atoms with van der Waals surface area (Å²) in [7, 11) is 0. The molecule has 0 amide bonds. The van der Waals surface area contributed by atoms with E-state index in [-0.39, 0.29) is 0 Å². The lowest BCUT2D eigenvalue weighted by Crippen LogP contribution is -2.21. The molecular weight excluding hydrogens is 200 g/mol. The fraction of sp³-hybridized carbons (Fsp3) is 0.769. The van der Waals surface area contributed by atoms with E-state index in [4.69, 9.17) is 4.52 Å². The molecule has 16 heavy (non-hydrogen) atoms. The van der Waals surface area contributed by atoms with Gasteiger partial charge in [-0.3, -0.25) is 0 Å². The number of nitrogens with one attached hydrogen (secondary N) is 1. The van der Waals surface area contributed by atoms with Gasteiger partial charge in [0.15, 0.2) is 5.82 Å². The first-order valence-electron chi connectivity index (χ1n) is 6.19. The molecule has 90 valence electrons. The van der Waals surface area contributed by atoms with Gasteiger partial charge in [-0.2, -0.15) is 0 Å². The van der Waals surface area contributed by atoms with Crippen LogP contribution in [0.15, 0.2) is 4.52 Å². The molecular formula is C13H22N2O. The fourth-order valence-corrected chi connectivity index (χ4v) is 2.17. The Morgan fingerprint density at radius 3 is 2.88 bits per heavy atom. The summed E-state index contributed by atoms with van der Waals surface area (Å²) in [6.07, 6.45) is 3.32. The summed E-state index contributed by atoms with van der Waals surface area (Å²) in [4.78, 5) is 0. The molecule has 1 aliphatic carbocycles. The van der Waals surface area contributed by atoms with Gasteiger partial charge in [-0.25, -0.2) is 0 Å². The summed E-state index contributed by atoms with van der Waals surface area (Å²) >= 11 is 0. The molecule has 0 atom stereocenters. The monoisotopic (exact) mass is 222 g/mol. The van der Waals surface area contributed by atoms with E-state index >= 15 is 0 Å². The maximum absolute atomic E-state index is 5.44. The Hall–Kier alpha value is -0.990. The summed E-state index contributed by atoms with van der Waals surface area (Å²) in [5.41, 5.74) is 1.67. The van der Waals surface area contributed by atoms with Gasteiger partial charge in [0.1, 0.15) is 5.76 Å². The Kier molecular flexibility index (Phi) is 2.96. The highest BCUT2D eigenvalue weighted by Gasteiger charge is 2.30. The van der Waals surface area contributed by atoms with E-state index in [9.17, 15) is 0 Å². The van der Waals surface area contributed by atoms with Crippen molar-refractivity contribution in [3.8, 4) is 0 Å². The Balaban J connectivity index is 2.10. The molecule has 0 saturated heterocycles. The van der Waals surface area contributed by atoms with Crippen LogP contribution in [-0.2, 0) is 12.8 Å². The molecule has 1 aromatic rings. The van der Waals surface area contributed by atoms with E-state index in [1.807, 2.05) is 0 Å². The first-order chi connectivity index (χ1) is 7.48. The molecule has 1 aliphatic rings. The van der Waals surface area contributed by atoms with Crippen LogP contribution in [0.5, 0.6) is 0 Å². The lowest BCUT2D eigenvalue weighted by molar-refractivity contribution is 0.264. The largest absolute Gasteiger partial charge is 0.367 e. The molecule has 0 saturated carbocycles. The maximum atomic E-state index is 5.44. The van der Waals surface area contributed by atoms with Crippen LogP contribution in [0.4, 0.5) is 5.82 Å². The summed E-state index contributed by atoms with van der Waals surface area (Å²) in [6.45, 7) is 9.94. The Morgan fingerprint density at radius 2 is 2.19 bits per heavy atom. The van der Waals surface area contributed by atoms with E-state index in [1.165, 1.54) is 12.0 Å². The molecule has 1 N–H and O–H groups in total. The number of aromatic nitrogens is 1. The molecule has 0 aliphatic heterocycles. The predicted octanol–water partition coefficient (Wildman–Crippen LogP) is 3.26. The molecule has 3 heteroatoms. The second-order valence-corrected chi connectivity index (χ2v) is 6.05. The first kappa shape index (κ1) is 11.5. The van der Waals surface area contributed by atoms with Gasteiger partial charge in [-0.15, -0.1) is 0 Å². The van der Waals surface area contributed by atoms with Gasteiger partial charge in [0, 0.05) is 18.5 Å². The summed E-state index contributed by atoms with van der Waals surface area (Å²) < 4.78 is 5.44. The van der Waals surface area contributed by atoms with Crippen LogP contribution in [0, 0.1) is 11.3 Å². The first-order valence-corrected chi connectivity index (χ1v) is 6.19. The Bertz CT molecular complexity index is 366. The zero-order chi connectivity index (χ0) is 11.8. The second kappa shape index (κ2) is 4.11. The molecule has 0 radical (unpaired) electrons. The summed E-state index contributed by atoms with van der Waals surface area (Å²) in [5.74, 6) is 2.69. The third kappa shape index (κ3) is 2.39. The zero-order valence-corrected chi connectivity index (χ0v) is 10.8. The van der Waals surface area contributed by atoms with Crippen molar-refractivity contribution < 1.29 is 4.52 Å². The van der Waals surface area contributed by atoms with Gasteiger partial charge in [-0.1, -0.05) is 32.9 Å². The number of hydrogen-bond donors (Lipinski definition) is 1. The third-order valence-electron chi connectivity index (χ3n) is 3.24. The van der Waals surface area contributed by atoms with E-state index in [1.54, 1.807) is 0 Å². The topological polar surface area (TPSA) is 38.1 Å². The zero-order valence-electron chi connectivity index (χ0n) is 10.8. The number of anilines is 1. The molecule has 1 heterocycles. The fourth-order valence-electron chi connectivity index (χ4n) is 2.17. The Morgan fingerprint density at radius 1 is 1.44 bits per heavy atom. The minimum atomic E-state index is 0.363. The van der Waals surface area contributed by atoms with Gasteiger partial charge >= 0.3 is 0 Å². The highest BCUT2D eigenvalue weighted by atomic mass is 16.5. The average molecular weight is 222 g/mol. The maximum Gasteiger partial charge on any atom is 0.172 e. The van der Waals surface area contributed by atoms with Gasteiger partial charge < -0.3 is 9.84 Å². The standard InChI is InChI=1S/C13H22N2O/c1-9(2)8-14-12-10-5-6-13(3,4)7-11(10)16-15-12/h9H,5-8H2,1-4H3,(H,14,15). The van der Waals surface area contributed by atoms with Crippen LogP contribution in [0.2, 0.25) is 0 Å². The van der Waals surface area contributed by atoms with Crippen LogP contribution in [0.3, 0.4) is 0 Å². The average Bonchev–Trinajstić information content (AvgIpc) is 2.55. The van der Waals surface area contributed by atoms with Crippen LogP contribution >= 0.6 is 0 Å². The van der Waals surface area contributed by atoms with Crippen molar-refractivity contribution in [2.24, 2.45) is 11.3 Å². The lowest BCUT2D eigenvalue weighted by Gasteiger charge is -2.27. The van der Waals surface area contributed by atoms with E-state index < -0.39 is 0 Å². The minimum absolute atomic E-state index is 0.363. The second-order valence-electron chi connectivity index (χ2n) is 6.05. The summed E-state index contributed by atoms with van der Waals surface area (Å²) in [5, 5.41) is 7.52. The third-order valence-corrected chi connectivity index (χ3v) is 3.24. The normalized spacial score (nSPS) is 18.6. The van der Waals surface area contributed by atoms with E-state index in [0.717, 1.165) is 31.0 Å². The van der Waals surface area contributed by atoms with E-state index in [2.05, 4.69) is 38.2 Å². The van der Waals surface area contributed by atoms with Crippen molar-refractivity contribution in [3.63, 3.8) is 0 Å². The highest BCUT2D eigenvalue weighted by Crippen LogP contribution is 2.37. The SMILES string of the molecule is CC(C)CNc1noc2c1CCC(C)(C)C2. The van der Waals surface area contributed by atoms with Crippen LogP contribution in [0.1, 0.15) is 45.4 Å². The smallest absolute Gasteiger partial charge is 0.172 e. The number of fused-ring (bicyclic) bond motifs is 1. The molecule has 0 unspecified atom stereocenters. The van der Waals surface area contributed by atoms with Gasteiger partial charge in [0.25, 0.3) is 0 Å². The predicted molar refractivity (Wildman–Crippen MR) is 65.6 cm³/mol. The molecule has 2 rings (SSSR count). The minimum Gasteiger partial charge on any atom is -0.367 e. The lowest BCUT2D eigenvalue weighted by atomic mass is 9.77. The van der Waals surface area contributed by atoms with Gasteiger partial charge in [0.05, 0.1) is 0 Å². The van der Waals surface area contributed by atoms with Crippen molar-refractivity contribution in [1.29, 1.82) is 0 Å². The number of nitrogens with zero attached hydrogens (tertiary/aromatic N) is 1. The van der Waals surface area contributed by atoms with Crippen molar-refractivity contribution in [1.82, 2.24) is 5.16 Å². The number of rotatable bonds is 3. The number of hydrogen-bond acceptors (Lipinski definition) is 3. The van der Waals surface area contributed by atoms with Gasteiger partial charge in [-0.05, 0) is 24.2 Å². The molecule has 0 aromatic carbocycles. The van der Waals surface area contributed by atoms with Crippen LogP contribution in [-0.4, -0.2) is 11.7 Å². The molecule has 3 nitrogen and oxygen atoms in total. The molecule has 0 fully saturated rings. The molecule has 1 aromatic heterocycles. The van der Waals surface area contributed by atoms with Crippen LogP contribution < -0.4 is 5.32 Å². The van der Waals surface area contributed by atoms with Crippen molar-refractivity contribution in [2.75, 3.05) is 11.9 Å². The molecule has 0 spiro atoms. The van der Waals surface area contributed by atoms with Crippen molar-refractivity contribution in [2.45, 2.75) is 47.0 Å².